The number of benzene rings is 3. The Morgan fingerprint density at radius 2 is 1.53 bits per heavy atom. The van der Waals surface area contributed by atoms with Gasteiger partial charge >= 0.3 is 18.0 Å². The van der Waals surface area contributed by atoms with Gasteiger partial charge in [-0.3, -0.25) is 4.90 Å². The maximum atomic E-state index is 13.5. The predicted molar refractivity (Wildman–Crippen MR) is 172 cm³/mol. The van der Waals surface area contributed by atoms with Crippen LogP contribution in [0.2, 0.25) is 0 Å². The molecule has 8 nitrogen and oxygen atoms in total. The van der Waals surface area contributed by atoms with Crippen molar-refractivity contribution in [2.75, 3.05) is 23.8 Å². The van der Waals surface area contributed by atoms with Crippen LogP contribution in [0.15, 0.2) is 78.4 Å². The van der Waals surface area contributed by atoms with Crippen molar-refractivity contribution in [1.29, 1.82) is 0 Å². The van der Waals surface area contributed by atoms with E-state index in [0.717, 1.165) is 22.4 Å². The molecule has 0 bridgehead atoms. The van der Waals surface area contributed by atoms with E-state index in [2.05, 4.69) is 43.6 Å². The zero-order valence-electron chi connectivity index (χ0n) is 25.9. The van der Waals surface area contributed by atoms with Gasteiger partial charge in [-0.1, -0.05) is 95.3 Å². The van der Waals surface area contributed by atoms with E-state index >= 15 is 0 Å². The zero-order chi connectivity index (χ0) is 31.1. The summed E-state index contributed by atoms with van der Waals surface area (Å²) >= 11 is 0. The highest BCUT2D eigenvalue weighted by Gasteiger charge is 2.38. The van der Waals surface area contributed by atoms with Gasteiger partial charge in [-0.05, 0) is 59.6 Å². The number of nitrogens with zero attached hydrogens (tertiary/aromatic N) is 1. The summed E-state index contributed by atoms with van der Waals surface area (Å²) in [5, 5.41) is 9.04. The summed E-state index contributed by atoms with van der Waals surface area (Å²) in [6.45, 7) is 12.8. The zero-order valence-corrected chi connectivity index (χ0v) is 25.9. The van der Waals surface area contributed by atoms with Crippen molar-refractivity contribution < 1.29 is 19.1 Å². The largest absolute Gasteiger partial charge is 0.463 e. The van der Waals surface area contributed by atoms with Gasteiger partial charge in [0.25, 0.3) is 0 Å². The van der Waals surface area contributed by atoms with E-state index < -0.39 is 12.0 Å². The highest BCUT2D eigenvalue weighted by Crippen LogP contribution is 2.37. The number of nitrogens with one attached hydrogen (secondary N) is 3. The summed E-state index contributed by atoms with van der Waals surface area (Å²) in [5.41, 5.74) is 5.73. The van der Waals surface area contributed by atoms with Crippen molar-refractivity contribution in [1.82, 2.24) is 10.2 Å². The first kappa shape index (κ1) is 31.3. The molecule has 226 valence electrons. The van der Waals surface area contributed by atoms with Crippen LogP contribution in [0.4, 0.5) is 21.0 Å². The third kappa shape index (κ3) is 7.08. The molecule has 0 aliphatic carbocycles. The number of anilines is 2. The van der Waals surface area contributed by atoms with E-state index in [1.54, 1.807) is 30.0 Å². The maximum Gasteiger partial charge on any atom is 0.338 e. The smallest absolute Gasteiger partial charge is 0.338 e. The van der Waals surface area contributed by atoms with E-state index in [-0.39, 0.29) is 30.5 Å². The molecular weight excluding hydrogens is 540 g/mol. The van der Waals surface area contributed by atoms with E-state index in [1.165, 1.54) is 0 Å². The Hall–Kier alpha value is -4.59. The number of carbonyl (C=O) groups excluding carboxylic acids is 3. The molecule has 0 spiro atoms. The summed E-state index contributed by atoms with van der Waals surface area (Å²) < 4.78 is 5.51. The van der Waals surface area contributed by atoms with Gasteiger partial charge in [0, 0.05) is 17.9 Å². The Balaban J connectivity index is 1.72. The van der Waals surface area contributed by atoms with Crippen LogP contribution in [0, 0.1) is 0 Å². The molecular formula is C35H42N4O4. The monoisotopic (exact) mass is 582 g/mol. The van der Waals surface area contributed by atoms with E-state index in [4.69, 9.17) is 4.74 Å². The molecule has 4 rings (SSSR count). The van der Waals surface area contributed by atoms with Crippen molar-refractivity contribution in [2.24, 2.45) is 0 Å². The van der Waals surface area contributed by atoms with Crippen LogP contribution in [0.5, 0.6) is 0 Å². The number of hydrogen-bond acceptors (Lipinski definition) is 4. The second kappa shape index (κ2) is 14.1. The Morgan fingerprint density at radius 3 is 2.14 bits per heavy atom. The lowest BCUT2D eigenvalue weighted by molar-refractivity contribution is -0.138. The summed E-state index contributed by atoms with van der Waals surface area (Å²) in [6.07, 6.45) is 0.706. The fourth-order valence-corrected chi connectivity index (χ4v) is 5.44. The molecule has 1 aliphatic heterocycles. The van der Waals surface area contributed by atoms with Crippen LogP contribution in [0.1, 0.15) is 88.1 Å². The summed E-state index contributed by atoms with van der Waals surface area (Å²) in [5.74, 6) is -0.0483. The Labute approximate surface area is 254 Å². The lowest BCUT2D eigenvalue weighted by Crippen LogP contribution is -2.48. The second-order valence-electron chi connectivity index (χ2n) is 11.2. The molecule has 4 amide bonds. The fourth-order valence-electron chi connectivity index (χ4n) is 5.44. The summed E-state index contributed by atoms with van der Waals surface area (Å²) in [6, 6.07) is 21.2. The highest BCUT2D eigenvalue weighted by molar-refractivity contribution is 6.05. The first-order valence-corrected chi connectivity index (χ1v) is 15.0. The molecule has 0 saturated carbocycles. The van der Waals surface area contributed by atoms with E-state index in [9.17, 15) is 14.4 Å². The van der Waals surface area contributed by atoms with Gasteiger partial charge in [0.05, 0.1) is 23.9 Å². The van der Waals surface area contributed by atoms with E-state index in [0.29, 0.717) is 35.5 Å². The minimum absolute atomic E-state index is 0.191. The number of carbonyl (C=O) groups is 3. The van der Waals surface area contributed by atoms with Gasteiger partial charge in [-0.2, -0.15) is 0 Å². The molecule has 1 aliphatic rings. The average Bonchev–Trinajstić information content (AvgIpc) is 2.98. The van der Waals surface area contributed by atoms with Crippen molar-refractivity contribution in [3.63, 3.8) is 0 Å². The Kier molecular flexibility index (Phi) is 10.2. The van der Waals surface area contributed by atoms with Crippen LogP contribution >= 0.6 is 0 Å². The first-order chi connectivity index (χ1) is 20.7. The first-order valence-electron chi connectivity index (χ1n) is 15.0. The maximum absolute atomic E-state index is 13.5. The minimum Gasteiger partial charge on any atom is -0.463 e. The Bertz CT molecular complexity index is 1470. The molecule has 0 saturated heterocycles. The summed E-state index contributed by atoms with van der Waals surface area (Å²) in [7, 11) is 0. The predicted octanol–water partition coefficient (Wildman–Crippen LogP) is 8.03. The molecule has 43 heavy (non-hydrogen) atoms. The number of hydrogen-bond donors (Lipinski definition) is 3. The SMILES string of the molecule is CCCN1C(=O)NC(c2cccc(NC(=O)Nc3c(C(C)C)cccc3C(C)C)c2)C(C(=O)OCC)=C1c1ccccc1. The third-order valence-electron chi connectivity index (χ3n) is 7.41. The second-order valence-corrected chi connectivity index (χ2v) is 11.2. The highest BCUT2D eigenvalue weighted by atomic mass is 16.5. The molecule has 1 unspecified atom stereocenters. The topological polar surface area (TPSA) is 99.8 Å². The molecule has 3 aromatic carbocycles. The van der Waals surface area contributed by atoms with Crippen molar-refractivity contribution >= 4 is 35.1 Å². The standard InChI is InChI=1S/C35H42N4O4/c1-7-20-39-32(24-14-10-9-11-15-24)29(33(40)43-8-2)30(38-35(39)42)25-16-12-17-26(21-25)36-34(41)37-31-27(22(3)4)18-13-19-28(31)23(5)6/h9-19,21-23,30H,7-8,20H2,1-6H3,(H,38,42)(H2,36,37,41). The number of rotatable bonds is 10. The number of ether oxygens (including phenoxy) is 1. The van der Waals surface area contributed by atoms with E-state index in [1.807, 2.05) is 61.5 Å². The molecule has 3 aromatic rings. The van der Waals surface area contributed by atoms with Gasteiger partial charge < -0.3 is 20.7 Å². The lowest BCUT2D eigenvalue weighted by Gasteiger charge is -2.37. The summed E-state index contributed by atoms with van der Waals surface area (Å²) in [4.78, 5) is 41.9. The van der Waals surface area contributed by atoms with Crippen molar-refractivity contribution in [2.45, 2.75) is 65.8 Å². The number of amides is 4. The molecule has 1 atom stereocenters. The van der Waals surface area contributed by atoms with Gasteiger partial charge in [0.2, 0.25) is 0 Å². The number of para-hydroxylation sites is 1. The van der Waals surface area contributed by atoms with Gasteiger partial charge in [0.15, 0.2) is 0 Å². The molecule has 8 heteroatoms. The Morgan fingerprint density at radius 1 is 0.884 bits per heavy atom. The van der Waals surface area contributed by atoms with Gasteiger partial charge in [-0.25, -0.2) is 14.4 Å². The number of esters is 1. The quantitative estimate of drug-likeness (QED) is 0.211. The van der Waals surface area contributed by atoms with Crippen LogP contribution in [0.25, 0.3) is 5.70 Å². The number of urea groups is 2. The van der Waals surface area contributed by atoms with Crippen molar-refractivity contribution in [3.05, 3.63) is 101 Å². The molecule has 0 aromatic heterocycles. The molecule has 0 radical (unpaired) electrons. The van der Waals surface area contributed by atoms with Crippen LogP contribution in [0.3, 0.4) is 0 Å². The lowest BCUT2D eigenvalue weighted by atomic mass is 9.91. The van der Waals surface area contributed by atoms with Crippen molar-refractivity contribution in [3.8, 4) is 0 Å². The third-order valence-corrected chi connectivity index (χ3v) is 7.41. The average molecular weight is 583 g/mol. The normalized spacial score (nSPS) is 15.0. The molecule has 0 fully saturated rings. The van der Waals surface area contributed by atoms with Crippen LogP contribution in [-0.4, -0.2) is 36.1 Å². The van der Waals surface area contributed by atoms with Gasteiger partial charge in [0.1, 0.15) is 0 Å². The molecule has 1 heterocycles. The van der Waals surface area contributed by atoms with Gasteiger partial charge in [-0.15, -0.1) is 0 Å². The molecule has 3 N–H and O–H groups in total. The fraction of sp³-hybridized carbons (Fsp3) is 0.343. The van der Waals surface area contributed by atoms with Crippen LogP contribution in [-0.2, 0) is 9.53 Å². The minimum atomic E-state index is -0.783. The van der Waals surface area contributed by atoms with Crippen LogP contribution < -0.4 is 16.0 Å².